The van der Waals surface area contributed by atoms with Crippen molar-refractivity contribution in [1.29, 1.82) is 0 Å². The Kier molecular flexibility index (Phi) is 6.79. The van der Waals surface area contributed by atoms with Gasteiger partial charge in [-0.05, 0) is 56.4 Å². The summed E-state index contributed by atoms with van der Waals surface area (Å²) in [4.78, 5) is 10.9. The van der Waals surface area contributed by atoms with E-state index in [1.807, 2.05) is 4.90 Å². The molecule has 1 aromatic rings. The maximum atomic E-state index is 12.5. The highest BCUT2D eigenvalue weighted by Crippen LogP contribution is 2.39. The van der Waals surface area contributed by atoms with Gasteiger partial charge in [0, 0.05) is 12.2 Å². The van der Waals surface area contributed by atoms with E-state index < -0.39 is 15.7 Å². The van der Waals surface area contributed by atoms with Crippen LogP contribution in [0.2, 0.25) is 0 Å². The first-order chi connectivity index (χ1) is 13.9. The van der Waals surface area contributed by atoms with E-state index in [9.17, 15) is 8.42 Å². The molecule has 0 bridgehead atoms. The van der Waals surface area contributed by atoms with Gasteiger partial charge in [-0.2, -0.15) is 4.99 Å². The lowest BCUT2D eigenvalue weighted by Gasteiger charge is -2.45. The van der Waals surface area contributed by atoms with Crippen molar-refractivity contribution in [3.8, 4) is 0 Å². The van der Waals surface area contributed by atoms with E-state index in [0.717, 1.165) is 63.5 Å². The Balaban J connectivity index is 1.77. The SMILES string of the molecule is CCCCCCNS(=O)(=O)c1ccc(N2C(N)=NC(N)=NC23CCCCC3)cc1. The zero-order valence-corrected chi connectivity index (χ0v) is 17.9. The van der Waals surface area contributed by atoms with Gasteiger partial charge in [-0.25, -0.2) is 18.1 Å². The molecule has 5 N–H and O–H groups in total. The van der Waals surface area contributed by atoms with Crippen molar-refractivity contribution in [3.05, 3.63) is 24.3 Å². The van der Waals surface area contributed by atoms with Crippen molar-refractivity contribution in [3.63, 3.8) is 0 Å². The first kappa shape index (κ1) is 21.6. The molecule has 1 spiro atoms. The smallest absolute Gasteiger partial charge is 0.240 e. The Hall–Kier alpha value is -2.13. The highest BCUT2D eigenvalue weighted by Gasteiger charge is 2.42. The van der Waals surface area contributed by atoms with Gasteiger partial charge in [-0.3, -0.25) is 4.90 Å². The Morgan fingerprint density at radius 2 is 1.76 bits per heavy atom. The minimum atomic E-state index is -3.53. The number of nitrogens with two attached hydrogens (primary N) is 2. The van der Waals surface area contributed by atoms with Crippen LogP contribution in [0.5, 0.6) is 0 Å². The third kappa shape index (κ3) is 4.90. The van der Waals surface area contributed by atoms with Crippen molar-refractivity contribution in [2.75, 3.05) is 11.4 Å². The van der Waals surface area contributed by atoms with Crippen molar-refractivity contribution >= 4 is 27.6 Å². The molecule has 0 atom stereocenters. The van der Waals surface area contributed by atoms with Crippen molar-refractivity contribution in [1.82, 2.24) is 4.72 Å². The lowest BCUT2D eigenvalue weighted by molar-refractivity contribution is 0.305. The lowest BCUT2D eigenvalue weighted by atomic mass is 9.87. The molecule has 0 aromatic heterocycles. The van der Waals surface area contributed by atoms with Crippen LogP contribution in [0.1, 0.15) is 64.7 Å². The molecule has 3 rings (SSSR count). The number of hydrogen-bond acceptors (Lipinski definition) is 7. The fraction of sp³-hybridized carbons (Fsp3) is 0.600. The minimum Gasteiger partial charge on any atom is -0.369 e. The van der Waals surface area contributed by atoms with Crippen molar-refractivity contribution < 1.29 is 8.42 Å². The normalized spacial score (nSPS) is 19.1. The Bertz CT molecular complexity index is 857. The van der Waals surface area contributed by atoms with Crippen LogP contribution >= 0.6 is 0 Å². The minimum absolute atomic E-state index is 0.201. The number of benzene rings is 1. The van der Waals surface area contributed by atoms with E-state index >= 15 is 0 Å². The summed E-state index contributed by atoms with van der Waals surface area (Å²) in [6.07, 6.45) is 9.00. The second kappa shape index (κ2) is 9.13. The predicted molar refractivity (Wildman–Crippen MR) is 117 cm³/mol. The maximum absolute atomic E-state index is 12.5. The molecule has 9 heteroatoms. The number of nitrogens with one attached hydrogen (secondary N) is 1. The molecule has 1 aromatic carbocycles. The van der Waals surface area contributed by atoms with Crippen LogP contribution in [0.15, 0.2) is 39.1 Å². The van der Waals surface area contributed by atoms with Gasteiger partial charge < -0.3 is 11.5 Å². The molecular weight excluding hydrogens is 388 g/mol. The van der Waals surface area contributed by atoms with Gasteiger partial charge in [-0.1, -0.05) is 32.6 Å². The van der Waals surface area contributed by atoms with E-state index in [2.05, 4.69) is 21.6 Å². The van der Waals surface area contributed by atoms with Gasteiger partial charge in [0.25, 0.3) is 0 Å². The summed E-state index contributed by atoms with van der Waals surface area (Å²) in [7, 11) is -3.53. The number of aliphatic imine (C=N–C) groups is 2. The second-order valence-corrected chi connectivity index (χ2v) is 9.54. The van der Waals surface area contributed by atoms with Crippen LogP contribution in [0.3, 0.4) is 0 Å². The number of sulfonamides is 1. The number of guanidine groups is 2. The van der Waals surface area contributed by atoms with Gasteiger partial charge in [0.1, 0.15) is 5.66 Å². The summed E-state index contributed by atoms with van der Waals surface area (Å²) in [5.74, 6) is 0.496. The summed E-state index contributed by atoms with van der Waals surface area (Å²) in [5.41, 5.74) is 12.4. The molecule has 1 aliphatic heterocycles. The lowest BCUT2D eigenvalue weighted by Crippen LogP contribution is -2.58. The van der Waals surface area contributed by atoms with E-state index in [0.29, 0.717) is 12.5 Å². The molecule has 160 valence electrons. The summed E-state index contributed by atoms with van der Waals surface area (Å²) in [5, 5.41) is 0. The molecule has 0 unspecified atom stereocenters. The van der Waals surface area contributed by atoms with E-state index in [1.54, 1.807) is 24.3 Å². The molecule has 0 saturated heterocycles. The standard InChI is InChI=1S/C20H32N6O2S/c1-2-3-4-8-15-23-29(27,28)17-11-9-16(10-12-17)26-19(22)24-18(21)25-20(26)13-6-5-7-14-20/h9-12,23H,2-8,13-15H2,1H3,(H4,21,22,24,25). The van der Waals surface area contributed by atoms with Crippen LogP contribution in [0, 0.1) is 0 Å². The predicted octanol–water partition coefficient (Wildman–Crippen LogP) is 2.66. The average Bonchev–Trinajstić information content (AvgIpc) is 2.68. The van der Waals surface area contributed by atoms with Crippen molar-refractivity contribution in [2.24, 2.45) is 21.5 Å². The summed E-state index contributed by atoms with van der Waals surface area (Å²) in [6.45, 7) is 2.58. The molecule has 2 aliphatic rings. The molecule has 29 heavy (non-hydrogen) atoms. The summed E-state index contributed by atoms with van der Waals surface area (Å²) in [6, 6.07) is 6.74. The largest absolute Gasteiger partial charge is 0.369 e. The van der Waals surface area contributed by atoms with E-state index in [4.69, 9.17) is 11.5 Å². The third-order valence-corrected chi connectivity index (χ3v) is 7.06. The molecule has 1 fully saturated rings. The molecule has 8 nitrogen and oxygen atoms in total. The second-order valence-electron chi connectivity index (χ2n) is 7.77. The van der Waals surface area contributed by atoms with E-state index in [-0.39, 0.29) is 10.9 Å². The van der Waals surface area contributed by atoms with Crippen LogP contribution in [-0.2, 0) is 10.0 Å². The number of rotatable bonds is 8. The summed E-state index contributed by atoms with van der Waals surface area (Å²) < 4.78 is 27.8. The zero-order chi connectivity index (χ0) is 20.9. The van der Waals surface area contributed by atoms with Gasteiger partial charge >= 0.3 is 0 Å². The maximum Gasteiger partial charge on any atom is 0.240 e. The van der Waals surface area contributed by atoms with Gasteiger partial charge in [0.15, 0.2) is 0 Å². The van der Waals surface area contributed by atoms with Gasteiger partial charge in [-0.15, -0.1) is 0 Å². The topological polar surface area (TPSA) is 126 Å². The van der Waals surface area contributed by atoms with Gasteiger partial charge in [0.05, 0.1) is 4.90 Å². The summed E-state index contributed by atoms with van der Waals surface area (Å²) >= 11 is 0. The fourth-order valence-corrected chi connectivity index (χ4v) is 5.18. The molecule has 1 aliphatic carbocycles. The Labute approximate surface area is 173 Å². The number of unbranched alkanes of at least 4 members (excludes halogenated alkanes) is 3. The highest BCUT2D eigenvalue weighted by atomic mass is 32.2. The van der Waals surface area contributed by atoms with Crippen LogP contribution in [0.4, 0.5) is 5.69 Å². The first-order valence-electron chi connectivity index (χ1n) is 10.5. The monoisotopic (exact) mass is 420 g/mol. The quantitative estimate of drug-likeness (QED) is 0.557. The average molecular weight is 421 g/mol. The third-order valence-electron chi connectivity index (χ3n) is 5.58. The molecule has 1 heterocycles. The first-order valence-corrected chi connectivity index (χ1v) is 12.0. The highest BCUT2D eigenvalue weighted by molar-refractivity contribution is 7.89. The number of anilines is 1. The van der Waals surface area contributed by atoms with Crippen LogP contribution in [-0.4, -0.2) is 32.5 Å². The molecule has 1 saturated carbocycles. The molecule has 0 radical (unpaired) electrons. The number of nitrogens with zero attached hydrogens (tertiary/aromatic N) is 3. The molecule has 0 amide bonds. The van der Waals surface area contributed by atoms with Crippen LogP contribution < -0.4 is 21.1 Å². The van der Waals surface area contributed by atoms with Crippen molar-refractivity contribution in [2.45, 2.75) is 75.3 Å². The fourth-order valence-electron chi connectivity index (χ4n) is 4.11. The van der Waals surface area contributed by atoms with Gasteiger partial charge in [0.2, 0.25) is 21.9 Å². The Morgan fingerprint density at radius 3 is 2.41 bits per heavy atom. The van der Waals surface area contributed by atoms with Crippen LogP contribution in [0.25, 0.3) is 0 Å². The molecular formula is C20H32N6O2S. The number of hydrogen-bond donors (Lipinski definition) is 3. The Morgan fingerprint density at radius 1 is 1.07 bits per heavy atom. The van der Waals surface area contributed by atoms with E-state index in [1.165, 1.54) is 0 Å². The zero-order valence-electron chi connectivity index (χ0n) is 17.1.